The van der Waals surface area contributed by atoms with E-state index >= 15 is 0 Å². The summed E-state index contributed by atoms with van der Waals surface area (Å²) in [6.07, 6.45) is 2.39. The lowest BCUT2D eigenvalue weighted by atomic mass is 9.82. The molecule has 2 fully saturated rings. The van der Waals surface area contributed by atoms with Crippen LogP contribution in [0, 0.1) is 18.2 Å². The molecule has 1 aromatic rings. The Bertz CT molecular complexity index is 650. The van der Waals surface area contributed by atoms with Gasteiger partial charge in [-0.25, -0.2) is 14.1 Å². The molecule has 0 atom stereocenters. The van der Waals surface area contributed by atoms with Crippen molar-refractivity contribution in [3.8, 4) is 0 Å². The second kappa shape index (κ2) is 4.65. The average molecular weight is 290 g/mol. The summed E-state index contributed by atoms with van der Waals surface area (Å²) in [6, 6.07) is 3.41. The van der Waals surface area contributed by atoms with Crippen molar-refractivity contribution >= 4 is 23.5 Å². The standard InChI is InChI=1S/C15H15FN2O3/c1-9-10(16)5-4-6-11(9)18-13(20)15(7-2-3-8-15)12(19)17-14(18)21/h4-6H,2-3,7-8H2,1H3,(H,17,19,21). The normalized spacial score (nSPS) is 21.0. The lowest BCUT2D eigenvalue weighted by Gasteiger charge is -2.37. The predicted molar refractivity (Wildman–Crippen MR) is 73.1 cm³/mol. The third kappa shape index (κ3) is 1.86. The molecule has 3 rings (SSSR count). The number of benzene rings is 1. The van der Waals surface area contributed by atoms with Crippen molar-refractivity contribution in [3.05, 3.63) is 29.6 Å². The summed E-state index contributed by atoms with van der Waals surface area (Å²) in [5, 5.41) is 2.24. The summed E-state index contributed by atoms with van der Waals surface area (Å²) in [4.78, 5) is 37.8. The smallest absolute Gasteiger partial charge is 0.276 e. The van der Waals surface area contributed by atoms with Crippen LogP contribution in [0.5, 0.6) is 0 Å². The molecule has 1 heterocycles. The number of halogens is 1. The van der Waals surface area contributed by atoms with Gasteiger partial charge >= 0.3 is 6.03 Å². The molecule has 1 aliphatic carbocycles. The number of urea groups is 1. The van der Waals surface area contributed by atoms with Crippen molar-refractivity contribution in [2.45, 2.75) is 32.6 Å². The minimum atomic E-state index is -1.17. The number of carbonyl (C=O) groups excluding carboxylic acids is 3. The zero-order valence-corrected chi connectivity index (χ0v) is 11.6. The van der Waals surface area contributed by atoms with E-state index in [1.165, 1.54) is 25.1 Å². The van der Waals surface area contributed by atoms with Crippen LogP contribution in [0.15, 0.2) is 18.2 Å². The maximum atomic E-state index is 13.7. The monoisotopic (exact) mass is 290 g/mol. The van der Waals surface area contributed by atoms with Gasteiger partial charge in [0.05, 0.1) is 5.69 Å². The van der Waals surface area contributed by atoms with Crippen molar-refractivity contribution in [2.75, 3.05) is 4.90 Å². The SMILES string of the molecule is Cc1c(F)cccc1N1C(=O)NC(=O)C2(CCCC2)C1=O. The summed E-state index contributed by atoms with van der Waals surface area (Å²) >= 11 is 0. The summed E-state index contributed by atoms with van der Waals surface area (Å²) in [5.41, 5.74) is -0.771. The van der Waals surface area contributed by atoms with Gasteiger partial charge in [-0.3, -0.25) is 14.9 Å². The van der Waals surface area contributed by atoms with E-state index < -0.39 is 29.1 Å². The van der Waals surface area contributed by atoms with Gasteiger partial charge in [-0.1, -0.05) is 18.9 Å². The van der Waals surface area contributed by atoms with Crippen molar-refractivity contribution in [3.63, 3.8) is 0 Å². The van der Waals surface area contributed by atoms with E-state index in [9.17, 15) is 18.8 Å². The highest BCUT2D eigenvalue weighted by molar-refractivity contribution is 6.30. The summed E-state index contributed by atoms with van der Waals surface area (Å²) < 4.78 is 13.7. The number of hydrogen-bond donors (Lipinski definition) is 1. The zero-order valence-electron chi connectivity index (χ0n) is 11.6. The van der Waals surface area contributed by atoms with E-state index in [-0.39, 0.29) is 11.3 Å². The molecule has 5 nitrogen and oxygen atoms in total. The fourth-order valence-corrected chi connectivity index (χ4v) is 3.15. The Morgan fingerprint density at radius 1 is 1.19 bits per heavy atom. The van der Waals surface area contributed by atoms with Gasteiger partial charge in [-0.05, 0) is 31.9 Å². The molecule has 1 aliphatic heterocycles. The first-order valence-corrected chi connectivity index (χ1v) is 6.92. The predicted octanol–water partition coefficient (Wildman–Crippen LogP) is 2.28. The van der Waals surface area contributed by atoms with Crippen LogP contribution in [0.3, 0.4) is 0 Å². The molecular weight excluding hydrogens is 275 g/mol. The Kier molecular flexibility index (Phi) is 3.04. The lowest BCUT2D eigenvalue weighted by molar-refractivity contribution is -0.142. The molecule has 21 heavy (non-hydrogen) atoms. The van der Waals surface area contributed by atoms with Gasteiger partial charge < -0.3 is 0 Å². The largest absolute Gasteiger partial charge is 0.335 e. The van der Waals surface area contributed by atoms with Crippen LogP contribution in [0.2, 0.25) is 0 Å². The molecule has 0 radical (unpaired) electrons. The third-order valence-electron chi connectivity index (χ3n) is 4.41. The second-order valence-electron chi connectivity index (χ2n) is 5.57. The highest BCUT2D eigenvalue weighted by atomic mass is 19.1. The lowest BCUT2D eigenvalue weighted by Crippen LogP contribution is -2.63. The number of amides is 4. The third-order valence-corrected chi connectivity index (χ3v) is 4.41. The molecule has 0 unspecified atom stereocenters. The van der Waals surface area contributed by atoms with Crippen molar-refractivity contribution in [1.82, 2.24) is 5.32 Å². The Hall–Kier alpha value is -2.24. The topological polar surface area (TPSA) is 66.5 Å². The number of rotatable bonds is 1. The fraction of sp³-hybridized carbons (Fsp3) is 0.400. The van der Waals surface area contributed by atoms with E-state index in [0.717, 1.165) is 17.7 Å². The average Bonchev–Trinajstić information content (AvgIpc) is 2.92. The van der Waals surface area contributed by atoms with Crippen LogP contribution >= 0.6 is 0 Å². The van der Waals surface area contributed by atoms with Gasteiger partial charge in [0, 0.05) is 5.56 Å². The summed E-state index contributed by atoms with van der Waals surface area (Å²) in [5.74, 6) is -1.56. The van der Waals surface area contributed by atoms with Crippen molar-refractivity contribution < 1.29 is 18.8 Å². The second-order valence-corrected chi connectivity index (χ2v) is 5.57. The minimum Gasteiger partial charge on any atom is -0.276 e. The molecule has 6 heteroatoms. The van der Waals surface area contributed by atoms with Gasteiger partial charge in [0.1, 0.15) is 11.2 Å². The van der Waals surface area contributed by atoms with Crippen LogP contribution in [0.4, 0.5) is 14.9 Å². The van der Waals surface area contributed by atoms with Crippen LogP contribution in [-0.2, 0) is 9.59 Å². The highest BCUT2D eigenvalue weighted by Gasteiger charge is 2.55. The summed E-state index contributed by atoms with van der Waals surface area (Å²) in [6.45, 7) is 1.50. The molecule has 1 aromatic carbocycles. The maximum Gasteiger partial charge on any atom is 0.335 e. The van der Waals surface area contributed by atoms with E-state index in [1.54, 1.807) is 0 Å². The van der Waals surface area contributed by atoms with E-state index in [4.69, 9.17) is 0 Å². The fourth-order valence-electron chi connectivity index (χ4n) is 3.15. The van der Waals surface area contributed by atoms with Crippen LogP contribution in [0.25, 0.3) is 0 Å². The van der Waals surface area contributed by atoms with Gasteiger partial charge in [0.25, 0.3) is 5.91 Å². The van der Waals surface area contributed by atoms with Crippen LogP contribution in [0.1, 0.15) is 31.2 Å². The number of carbonyl (C=O) groups is 3. The number of nitrogens with one attached hydrogen (secondary N) is 1. The number of imide groups is 2. The number of barbiturate groups is 1. The Balaban J connectivity index is 2.09. The number of hydrogen-bond acceptors (Lipinski definition) is 3. The van der Waals surface area contributed by atoms with E-state index in [1.807, 2.05) is 0 Å². The van der Waals surface area contributed by atoms with Crippen LogP contribution in [-0.4, -0.2) is 17.8 Å². The molecule has 110 valence electrons. The Morgan fingerprint density at radius 3 is 2.52 bits per heavy atom. The first-order chi connectivity index (χ1) is 9.97. The van der Waals surface area contributed by atoms with Gasteiger partial charge in [-0.2, -0.15) is 0 Å². The first-order valence-electron chi connectivity index (χ1n) is 6.92. The molecule has 1 saturated carbocycles. The van der Waals surface area contributed by atoms with Gasteiger partial charge in [0.15, 0.2) is 0 Å². The van der Waals surface area contributed by atoms with E-state index in [2.05, 4.69) is 5.32 Å². The molecule has 0 bridgehead atoms. The Labute approximate surface area is 121 Å². The molecule has 4 amide bonds. The molecule has 1 saturated heterocycles. The molecule has 1 spiro atoms. The van der Waals surface area contributed by atoms with Gasteiger partial charge in [-0.15, -0.1) is 0 Å². The Morgan fingerprint density at radius 2 is 1.86 bits per heavy atom. The zero-order chi connectivity index (χ0) is 15.2. The first kappa shape index (κ1) is 13.7. The molecular formula is C15H15FN2O3. The van der Waals surface area contributed by atoms with E-state index in [0.29, 0.717) is 12.8 Å². The molecule has 1 N–H and O–H groups in total. The van der Waals surface area contributed by atoms with Crippen molar-refractivity contribution in [1.29, 1.82) is 0 Å². The highest BCUT2D eigenvalue weighted by Crippen LogP contribution is 2.43. The quantitative estimate of drug-likeness (QED) is 0.807. The van der Waals surface area contributed by atoms with Crippen molar-refractivity contribution in [2.24, 2.45) is 5.41 Å². The number of nitrogens with zero attached hydrogens (tertiary/aromatic N) is 1. The summed E-state index contributed by atoms with van der Waals surface area (Å²) in [7, 11) is 0. The number of anilines is 1. The van der Waals surface area contributed by atoms with Gasteiger partial charge in [0.2, 0.25) is 5.91 Å². The maximum absolute atomic E-state index is 13.7. The molecule has 2 aliphatic rings. The minimum absolute atomic E-state index is 0.191. The molecule has 0 aromatic heterocycles. The van der Waals surface area contributed by atoms with Crippen LogP contribution < -0.4 is 10.2 Å².